The minimum Gasteiger partial charge on any atom is -0.334 e. The number of carbonyl (C=O) groups is 1. The molecular weight excluding hydrogens is 263 g/mol. The molecule has 20 heavy (non-hydrogen) atoms. The second-order valence-corrected chi connectivity index (χ2v) is 3.93. The van der Waals surface area contributed by atoms with Crippen LogP contribution >= 0.6 is 0 Å². The predicted molar refractivity (Wildman–Crippen MR) is 71.1 cm³/mol. The number of halogens is 1. The van der Waals surface area contributed by atoms with Crippen LogP contribution in [-0.4, -0.2) is 32.8 Å². The van der Waals surface area contributed by atoms with Crippen molar-refractivity contribution in [2.24, 2.45) is 0 Å². The number of anilines is 1. The lowest BCUT2D eigenvalue weighted by atomic mass is 10.2. The fourth-order valence-electron chi connectivity index (χ4n) is 1.55. The molecule has 2 N–H and O–H groups in total. The lowest BCUT2D eigenvalue weighted by Gasteiger charge is -2.09. The van der Waals surface area contributed by atoms with Crippen molar-refractivity contribution >= 4 is 11.7 Å². The van der Waals surface area contributed by atoms with E-state index >= 15 is 0 Å². The summed E-state index contributed by atoms with van der Waals surface area (Å²) < 4.78 is 15.0. The Labute approximate surface area is 114 Å². The van der Waals surface area contributed by atoms with Gasteiger partial charge in [0.15, 0.2) is 5.82 Å². The van der Waals surface area contributed by atoms with Gasteiger partial charge < -0.3 is 10.6 Å². The standard InChI is InChI=1S/C12H13FN6O/c1-3-6-14-12(20)15-9-4-5-10(13)11(7-9)19-8(2)16-17-18-19/h3-5,7H,1,6H2,2H3,(H2,14,15,20). The van der Waals surface area contributed by atoms with Gasteiger partial charge >= 0.3 is 6.03 Å². The van der Waals surface area contributed by atoms with Crippen LogP contribution in [0, 0.1) is 12.7 Å². The van der Waals surface area contributed by atoms with Gasteiger partial charge in [0, 0.05) is 12.2 Å². The van der Waals surface area contributed by atoms with E-state index in [9.17, 15) is 9.18 Å². The maximum absolute atomic E-state index is 13.8. The summed E-state index contributed by atoms with van der Waals surface area (Å²) in [6.45, 7) is 5.48. The second kappa shape index (κ2) is 5.91. The number of amides is 2. The SMILES string of the molecule is C=CCNC(=O)Nc1ccc(F)c(-n2nnnc2C)c1. The topological polar surface area (TPSA) is 84.7 Å². The van der Waals surface area contributed by atoms with E-state index in [2.05, 4.69) is 32.7 Å². The second-order valence-electron chi connectivity index (χ2n) is 3.93. The highest BCUT2D eigenvalue weighted by atomic mass is 19.1. The van der Waals surface area contributed by atoms with Gasteiger partial charge in [-0.3, -0.25) is 0 Å². The molecule has 0 atom stereocenters. The van der Waals surface area contributed by atoms with E-state index in [1.807, 2.05) is 0 Å². The van der Waals surface area contributed by atoms with Crippen molar-refractivity contribution in [3.05, 3.63) is 42.5 Å². The van der Waals surface area contributed by atoms with Crippen molar-refractivity contribution in [2.45, 2.75) is 6.92 Å². The van der Waals surface area contributed by atoms with Gasteiger partial charge in [-0.2, -0.15) is 4.68 Å². The molecule has 104 valence electrons. The highest BCUT2D eigenvalue weighted by Gasteiger charge is 2.11. The number of aryl methyl sites for hydroxylation is 1. The van der Waals surface area contributed by atoms with E-state index in [1.54, 1.807) is 13.0 Å². The molecule has 0 aliphatic carbocycles. The molecule has 0 aliphatic rings. The first kappa shape index (κ1) is 13.7. The first-order valence-electron chi connectivity index (χ1n) is 5.82. The number of carbonyl (C=O) groups excluding carboxylic acids is 1. The number of aromatic nitrogens is 4. The lowest BCUT2D eigenvalue weighted by Crippen LogP contribution is -2.28. The van der Waals surface area contributed by atoms with Crippen molar-refractivity contribution in [3.8, 4) is 5.69 Å². The van der Waals surface area contributed by atoms with Crippen LogP contribution in [0.2, 0.25) is 0 Å². The zero-order chi connectivity index (χ0) is 14.5. The molecule has 1 heterocycles. The summed E-state index contributed by atoms with van der Waals surface area (Å²) in [5, 5.41) is 16.0. The minimum atomic E-state index is -0.488. The number of urea groups is 1. The molecular formula is C12H13FN6O. The van der Waals surface area contributed by atoms with Crippen molar-refractivity contribution in [3.63, 3.8) is 0 Å². The highest BCUT2D eigenvalue weighted by molar-refractivity contribution is 5.89. The molecule has 2 amide bonds. The first-order valence-corrected chi connectivity index (χ1v) is 5.82. The number of tetrazole rings is 1. The van der Waals surface area contributed by atoms with Gasteiger partial charge in [0.25, 0.3) is 0 Å². The Kier molecular flexibility index (Phi) is 4.04. The average Bonchev–Trinajstić information content (AvgIpc) is 2.85. The van der Waals surface area contributed by atoms with Gasteiger partial charge in [-0.1, -0.05) is 6.08 Å². The van der Waals surface area contributed by atoms with E-state index in [4.69, 9.17) is 0 Å². The fourth-order valence-corrected chi connectivity index (χ4v) is 1.55. The quantitative estimate of drug-likeness (QED) is 0.827. The van der Waals surface area contributed by atoms with Gasteiger partial charge in [-0.25, -0.2) is 9.18 Å². The zero-order valence-corrected chi connectivity index (χ0v) is 10.8. The number of benzene rings is 1. The minimum absolute atomic E-state index is 0.161. The molecule has 2 aromatic rings. The molecule has 0 saturated heterocycles. The molecule has 8 heteroatoms. The van der Waals surface area contributed by atoms with Crippen molar-refractivity contribution in [1.29, 1.82) is 0 Å². The van der Waals surface area contributed by atoms with Crippen LogP contribution in [0.15, 0.2) is 30.9 Å². The van der Waals surface area contributed by atoms with Crippen LogP contribution in [0.4, 0.5) is 14.9 Å². The Balaban J connectivity index is 2.23. The normalized spacial score (nSPS) is 10.1. The average molecular weight is 276 g/mol. The van der Waals surface area contributed by atoms with E-state index in [0.29, 0.717) is 18.1 Å². The highest BCUT2D eigenvalue weighted by Crippen LogP contribution is 2.18. The summed E-state index contributed by atoms with van der Waals surface area (Å²) >= 11 is 0. The predicted octanol–water partition coefficient (Wildman–Crippen LogP) is 1.42. The Hall–Kier alpha value is -2.77. The van der Waals surface area contributed by atoms with Crippen molar-refractivity contribution in [2.75, 3.05) is 11.9 Å². The Morgan fingerprint density at radius 1 is 1.55 bits per heavy atom. The van der Waals surface area contributed by atoms with E-state index in [-0.39, 0.29) is 5.69 Å². The number of nitrogens with one attached hydrogen (secondary N) is 2. The molecule has 0 aliphatic heterocycles. The third kappa shape index (κ3) is 2.97. The van der Waals surface area contributed by atoms with Gasteiger partial charge in [-0.05, 0) is 35.5 Å². The van der Waals surface area contributed by atoms with Crippen LogP contribution in [0.25, 0.3) is 5.69 Å². The van der Waals surface area contributed by atoms with Crippen LogP contribution in [0.1, 0.15) is 5.82 Å². The lowest BCUT2D eigenvalue weighted by molar-refractivity contribution is 0.253. The molecule has 7 nitrogen and oxygen atoms in total. The van der Waals surface area contributed by atoms with Gasteiger partial charge in [0.1, 0.15) is 11.5 Å². The van der Waals surface area contributed by atoms with E-state index in [1.165, 1.54) is 22.9 Å². The largest absolute Gasteiger partial charge is 0.334 e. The Morgan fingerprint density at radius 2 is 2.35 bits per heavy atom. The molecule has 0 saturated carbocycles. The van der Waals surface area contributed by atoms with Crippen LogP contribution in [0.3, 0.4) is 0 Å². The maximum Gasteiger partial charge on any atom is 0.319 e. The molecule has 0 bridgehead atoms. The maximum atomic E-state index is 13.8. The van der Waals surface area contributed by atoms with E-state index in [0.717, 1.165) is 0 Å². The van der Waals surface area contributed by atoms with Gasteiger partial charge in [0.05, 0.1) is 0 Å². The van der Waals surface area contributed by atoms with Crippen LogP contribution in [-0.2, 0) is 0 Å². The molecule has 0 radical (unpaired) electrons. The summed E-state index contributed by atoms with van der Waals surface area (Å²) in [6, 6.07) is 3.73. The van der Waals surface area contributed by atoms with Crippen molar-refractivity contribution < 1.29 is 9.18 Å². The Bertz CT molecular complexity index is 639. The summed E-state index contributed by atoms with van der Waals surface area (Å²) in [5.74, 6) is -0.0467. The molecule has 0 spiro atoms. The summed E-state index contributed by atoms with van der Waals surface area (Å²) in [7, 11) is 0. The molecule has 1 aromatic carbocycles. The van der Waals surface area contributed by atoms with Crippen LogP contribution < -0.4 is 10.6 Å². The first-order chi connectivity index (χ1) is 9.61. The Morgan fingerprint density at radius 3 is 3.00 bits per heavy atom. The smallest absolute Gasteiger partial charge is 0.319 e. The number of hydrogen-bond donors (Lipinski definition) is 2. The van der Waals surface area contributed by atoms with Crippen molar-refractivity contribution in [1.82, 2.24) is 25.5 Å². The fraction of sp³-hybridized carbons (Fsp3) is 0.167. The number of nitrogens with zero attached hydrogens (tertiary/aromatic N) is 4. The third-order valence-electron chi connectivity index (χ3n) is 2.46. The van der Waals surface area contributed by atoms with E-state index < -0.39 is 11.8 Å². The third-order valence-corrected chi connectivity index (χ3v) is 2.46. The molecule has 1 aromatic heterocycles. The number of rotatable bonds is 4. The molecule has 0 fully saturated rings. The number of hydrogen-bond acceptors (Lipinski definition) is 4. The van der Waals surface area contributed by atoms with Crippen LogP contribution in [0.5, 0.6) is 0 Å². The monoisotopic (exact) mass is 276 g/mol. The zero-order valence-electron chi connectivity index (χ0n) is 10.8. The summed E-state index contributed by atoms with van der Waals surface area (Å²) in [6.07, 6.45) is 1.56. The van der Waals surface area contributed by atoms with Gasteiger partial charge in [0.2, 0.25) is 0 Å². The summed E-state index contributed by atoms with van der Waals surface area (Å²) in [5.41, 5.74) is 0.590. The molecule has 0 unspecified atom stereocenters. The molecule has 2 rings (SSSR count). The summed E-state index contributed by atoms with van der Waals surface area (Å²) in [4.78, 5) is 11.5. The van der Waals surface area contributed by atoms with Gasteiger partial charge in [-0.15, -0.1) is 11.7 Å².